The highest BCUT2D eigenvalue weighted by Crippen LogP contribution is 2.11. The molecule has 1 rings (SSSR count). The minimum absolute atomic E-state index is 0.138. The van der Waals surface area contributed by atoms with Crippen LogP contribution in [0.4, 0.5) is 0 Å². The van der Waals surface area contributed by atoms with E-state index in [4.69, 9.17) is 5.84 Å². The molecule has 0 aliphatic rings. The minimum atomic E-state index is -3.94. The molecule has 84 valence electrons. The fourth-order valence-electron chi connectivity index (χ4n) is 0.892. The van der Waals surface area contributed by atoms with E-state index in [1.807, 2.05) is 0 Å². The lowest BCUT2D eigenvalue weighted by Gasteiger charge is -2.02. The lowest BCUT2D eigenvalue weighted by atomic mass is 10.4. The molecular weight excluding hydrogens is 224 g/mol. The standard InChI is InChI=1S/C6H10N4O4S/c1-2-14-6(11)4-3-8-9-5(4)15(12,13)10-7/h3,10H,2,7H2,1H3,(H,8,9). The molecule has 0 aromatic carbocycles. The normalized spacial score (nSPS) is 11.3. The number of nitrogens with zero attached hydrogens (tertiary/aromatic N) is 1. The summed E-state index contributed by atoms with van der Waals surface area (Å²) >= 11 is 0. The van der Waals surface area contributed by atoms with Gasteiger partial charge >= 0.3 is 5.97 Å². The summed E-state index contributed by atoms with van der Waals surface area (Å²) in [6, 6.07) is 0. The average molecular weight is 234 g/mol. The third kappa shape index (κ3) is 2.32. The zero-order valence-corrected chi connectivity index (χ0v) is 8.67. The molecule has 0 amide bonds. The van der Waals surface area contributed by atoms with Crippen LogP contribution in [0.25, 0.3) is 0 Å². The van der Waals surface area contributed by atoms with Crippen LogP contribution in [0.15, 0.2) is 11.2 Å². The van der Waals surface area contributed by atoms with Gasteiger partial charge in [0.15, 0.2) is 5.03 Å². The summed E-state index contributed by atoms with van der Waals surface area (Å²) in [6.45, 7) is 1.74. The van der Waals surface area contributed by atoms with Crippen molar-refractivity contribution >= 4 is 16.0 Å². The summed E-state index contributed by atoms with van der Waals surface area (Å²) in [5.41, 5.74) is -0.185. The third-order valence-corrected chi connectivity index (χ3v) is 2.68. The Morgan fingerprint density at radius 2 is 2.40 bits per heavy atom. The van der Waals surface area contributed by atoms with Gasteiger partial charge in [-0.15, -0.1) is 4.83 Å². The maximum atomic E-state index is 11.3. The lowest BCUT2D eigenvalue weighted by molar-refractivity contribution is 0.0522. The summed E-state index contributed by atoms with van der Waals surface area (Å²) in [5.74, 6) is 4.02. The maximum absolute atomic E-state index is 11.3. The molecule has 0 saturated heterocycles. The van der Waals surface area contributed by atoms with E-state index >= 15 is 0 Å². The first kappa shape index (κ1) is 11.6. The van der Waals surface area contributed by atoms with Gasteiger partial charge in [-0.05, 0) is 6.92 Å². The predicted molar refractivity (Wildman–Crippen MR) is 49.1 cm³/mol. The molecule has 0 spiro atoms. The molecule has 4 N–H and O–H groups in total. The molecule has 1 aromatic heterocycles. The van der Waals surface area contributed by atoms with E-state index in [1.165, 1.54) is 0 Å². The van der Waals surface area contributed by atoms with Crippen molar-refractivity contribution in [3.63, 3.8) is 0 Å². The van der Waals surface area contributed by atoms with Crippen LogP contribution in [0.5, 0.6) is 0 Å². The number of rotatable bonds is 4. The zero-order chi connectivity index (χ0) is 11.5. The van der Waals surface area contributed by atoms with Crippen LogP contribution in [0.2, 0.25) is 0 Å². The molecule has 0 radical (unpaired) electrons. The van der Waals surface area contributed by atoms with Crippen LogP contribution in [-0.4, -0.2) is 31.2 Å². The van der Waals surface area contributed by atoms with Gasteiger partial charge in [-0.2, -0.15) is 5.10 Å². The first-order valence-electron chi connectivity index (χ1n) is 3.95. The monoisotopic (exact) mass is 234 g/mol. The van der Waals surface area contributed by atoms with Crippen LogP contribution in [0.3, 0.4) is 0 Å². The molecule has 9 heteroatoms. The van der Waals surface area contributed by atoms with E-state index in [0.29, 0.717) is 0 Å². The molecule has 0 fully saturated rings. The van der Waals surface area contributed by atoms with E-state index in [1.54, 1.807) is 11.8 Å². The zero-order valence-electron chi connectivity index (χ0n) is 7.85. The number of esters is 1. The molecule has 15 heavy (non-hydrogen) atoms. The van der Waals surface area contributed by atoms with E-state index in [9.17, 15) is 13.2 Å². The number of aromatic nitrogens is 2. The van der Waals surface area contributed by atoms with Crippen LogP contribution in [0, 0.1) is 0 Å². The Hall–Kier alpha value is -1.45. The van der Waals surface area contributed by atoms with Gasteiger partial charge in [0.2, 0.25) is 0 Å². The van der Waals surface area contributed by atoms with Gasteiger partial charge in [-0.1, -0.05) is 0 Å². The average Bonchev–Trinajstić information content (AvgIpc) is 2.67. The van der Waals surface area contributed by atoms with Gasteiger partial charge in [0.1, 0.15) is 5.56 Å². The van der Waals surface area contributed by atoms with Crippen molar-refractivity contribution in [2.75, 3.05) is 6.61 Å². The number of nitrogens with two attached hydrogens (primary N) is 1. The fourth-order valence-corrected chi connectivity index (χ4v) is 1.61. The number of carbonyl (C=O) groups is 1. The van der Waals surface area contributed by atoms with E-state index in [2.05, 4.69) is 14.9 Å². The minimum Gasteiger partial charge on any atom is -0.462 e. The molecule has 0 aliphatic carbocycles. The van der Waals surface area contributed by atoms with Crippen LogP contribution < -0.4 is 10.7 Å². The molecule has 0 aliphatic heterocycles. The van der Waals surface area contributed by atoms with Crippen molar-refractivity contribution in [1.29, 1.82) is 0 Å². The smallest absolute Gasteiger partial charge is 0.342 e. The SMILES string of the molecule is CCOC(=O)c1cn[nH]c1S(=O)(=O)NN. The highest BCUT2D eigenvalue weighted by atomic mass is 32.2. The molecule has 1 heterocycles. The summed E-state index contributed by atoms with van der Waals surface area (Å²) in [5, 5.41) is 5.18. The molecule has 8 nitrogen and oxygen atoms in total. The second kappa shape index (κ2) is 4.38. The first-order chi connectivity index (χ1) is 7.03. The van der Waals surface area contributed by atoms with Gasteiger partial charge in [0, 0.05) is 0 Å². The highest BCUT2D eigenvalue weighted by Gasteiger charge is 2.24. The maximum Gasteiger partial charge on any atom is 0.342 e. The lowest BCUT2D eigenvalue weighted by Crippen LogP contribution is -2.31. The van der Waals surface area contributed by atoms with Crippen molar-refractivity contribution in [3.05, 3.63) is 11.8 Å². The second-order valence-electron chi connectivity index (χ2n) is 2.45. The highest BCUT2D eigenvalue weighted by molar-refractivity contribution is 7.89. The molecule has 0 unspecified atom stereocenters. The summed E-state index contributed by atoms with van der Waals surface area (Å²) in [6.07, 6.45) is 1.06. The van der Waals surface area contributed by atoms with Gasteiger partial charge in [0.25, 0.3) is 10.0 Å². The predicted octanol–water partition coefficient (Wildman–Crippen LogP) is -1.26. The van der Waals surface area contributed by atoms with Crippen molar-refractivity contribution in [2.45, 2.75) is 11.9 Å². The molecule has 0 bridgehead atoms. The van der Waals surface area contributed by atoms with Gasteiger partial charge in [-0.25, -0.2) is 13.2 Å². The van der Waals surface area contributed by atoms with E-state index < -0.39 is 21.0 Å². The number of hydrazine groups is 1. The first-order valence-corrected chi connectivity index (χ1v) is 5.44. The van der Waals surface area contributed by atoms with Gasteiger partial charge in [-0.3, -0.25) is 10.9 Å². The molecule has 0 saturated carbocycles. The van der Waals surface area contributed by atoms with Crippen molar-refractivity contribution in [2.24, 2.45) is 5.84 Å². The topological polar surface area (TPSA) is 127 Å². The van der Waals surface area contributed by atoms with Crippen molar-refractivity contribution < 1.29 is 17.9 Å². The summed E-state index contributed by atoms with van der Waals surface area (Å²) in [4.78, 5) is 12.8. The Morgan fingerprint density at radius 3 is 2.93 bits per heavy atom. The number of nitrogens with one attached hydrogen (secondary N) is 2. The Kier molecular flexibility index (Phi) is 3.39. The number of hydrogen-bond donors (Lipinski definition) is 3. The van der Waals surface area contributed by atoms with Crippen LogP contribution in [0.1, 0.15) is 17.3 Å². The fraction of sp³-hybridized carbons (Fsp3) is 0.333. The Balaban J connectivity index is 3.13. The van der Waals surface area contributed by atoms with Gasteiger partial charge < -0.3 is 4.74 Å². The van der Waals surface area contributed by atoms with Crippen molar-refractivity contribution in [3.8, 4) is 0 Å². The van der Waals surface area contributed by atoms with Gasteiger partial charge in [0.05, 0.1) is 12.8 Å². The van der Waals surface area contributed by atoms with E-state index in [-0.39, 0.29) is 12.2 Å². The number of ether oxygens (including phenoxy) is 1. The Bertz CT molecular complexity index is 451. The number of hydrogen-bond acceptors (Lipinski definition) is 6. The Labute approximate surface area is 85.8 Å². The third-order valence-electron chi connectivity index (χ3n) is 1.52. The summed E-state index contributed by atoms with van der Waals surface area (Å²) in [7, 11) is -3.94. The Morgan fingerprint density at radius 1 is 1.73 bits per heavy atom. The number of carbonyl (C=O) groups excluding carboxylic acids is 1. The summed E-state index contributed by atoms with van der Waals surface area (Å²) < 4.78 is 27.2. The number of aromatic amines is 1. The van der Waals surface area contributed by atoms with Crippen LogP contribution >= 0.6 is 0 Å². The number of H-pyrrole nitrogens is 1. The van der Waals surface area contributed by atoms with Crippen molar-refractivity contribution in [1.82, 2.24) is 15.0 Å². The molecule has 1 aromatic rings. The number of sulfonamides is 1. The van der Waals surface area contributed by atoms with E-state index in [0.717, 1.165) is 6.20 Å². The molecular formula is C6H10N4O4S. The largest absolute Gasteiger partial charge is 0.462 e. The van der Waals surface area contributed by atoms with Crippen LogP contribution in [-0.2, 0) is 14.8 Å². The molecule has 0 atom stereocenters. The second-order valence-corrected chi connectivity index (χ2v) is 4.11. The quantitative estimate of drug-likeness (QED) is 0.339.